The number of carbonyl (C=O) groups is 3. The van der Waals surface area contributed by atoms with Crippen LogP contribution in [0.1, 0.15) is 6.42 Å². The summed E-state index contributed by atoms with van der Waals surface area (Å²) in [5.74, 6) is -1.73. The van der Waals surface area contributed by atoms with Crippen LogP contribution in [0.5, 0.6) is 5.75 Å². The fourth-order valence-electron chi connectivity index (χ4n) is 2.43. The van der Waals surface area contributed by atoms with Gasteiger partial charge in [-0.1, -0.05) is 24.3 Å². The van der Waals surface area contributed by atoms with Gasteiger partial charge < -0.3 is 20.5 Å². The van der Waals surface area contributed by atoms with Crippen LogP contribution in [0, 0.1) is 0 Å². The van der Waals surface area contributed by atoms with Gasteiger partial charge in [0.25, 0.3) is 0 Å². The van der Waals surface area contributed by atoms with Gasteiger partial charge in [-0.05, 0) is 30.6 Å². The minimum atomic E-state index is -0.932. The maximum absolute atomic E-state index is 12.2. The molecule has 8 heteroatoms. The van der Waals surface area contributed by atoms with Gasteiger partial charge in [0.05, 0.1) is 7.11 Å². The Morgan fingerprint density at radius 1 is 1.12 bits per heavy atom. The van der Waals surface area contributed by atoms with Crippen LogP contribution >= 0.6 is 11.8 Å². The fraction of sp³-hybridized carbons (Fsp3) is 0.278. The van der Waals surface area contributed by atoms with E-state index in [1.54, 1.807) is 30.3 Å². The topological polar surface area (TPSA) is 105 Å². The van der Waals surface area contributed by atoms with Crippen molar-refractivity contribution in [1.82, 2.24) is 5.32 Å². The monoisotopic (exact) mass is 376 g/mol. The molecule has 0 spiro atoms. The molecule has 7 nitrogen and oxygen atoms in total. The number of esters is 1. The van der Waals surface area contributed by atoms with E-state index in [1.165, 1.54) is 24.9 Å². The summed E-state index contributed by atoms with van der Waals surface area (Å²) in [5.41, 5.74) is 0.386. The molecule has 0 aliphatic rings. The van der Waals surface area contributed by atoms with Crippen LogP contribution in [0.2, 0.25) is 0 Å². The van der Waals surface area contributed by atoms with Crippen LogP contribution in [-0.2, 0) is 19.1 Å². The molecule has 0 bridgehead atoms. The first kappa shape index (κ1) is 19.6. The number of phenolic OH excluding ortho intramolecular Hbond substituents is 1. The average Bonchev–Trinajstić information content (AvgIpc) is 2.65. The number of ether oxygens (including phenoxy) is 1. The number of rotatable bonds is 6. The summed E-state index contributed by atoms with van der Waals surface area (Å²) in [6.07, 6.45) is 2.23. The highest BCUT2D eigenvalue weighted by atomic mass is 32.2. The minimum absolute atomic E-state index is 0.0749. The SMILES string of the molecule is COC(=O)[C@@H](CCSC)NC(=O)C(=O)Nc1cccc2c(O)cccc12. The van der Waals surface area contributed by atoms with E-state index in [0.29, 0.717) is 28.6 Å². The van der Waals surface area contributed by atoms with E-state index in [-0.39, 0.29) is 5.75 Å². The summed E-state index contributed by atoms with van der Waals surface area (Å²) < 4.78 is 4.66. The van der Waals surface area contributed by atoms with Gasteiger partial charge in [-0.15, -0.1) is 0 Å². The van der Waals surface area contributed by atoms with Crippen LogP contribution in [0.4, 0.5) is 5.69 Å². The van der Waals surface area contributed by atoms with E-state index in [0.717, 1.165) is 0 Å². The molecule has 3 N–H and O–H groups in total. The zero-order valence-electron chi connectivity index (χ0n) is 14.4. The Balaban J connectivity index is 2.13. The van der Waals surface area contributed by atoms with Gasteiger partial charge in [0.15, 0.2) is 0 Å². The molecule has 0 aliphatic carbocycles. The van der Waals surface area contributed by atoms with Crippen LogP contribution in [0.3, 0.4) is 0 Å². The maximum Gasteiger partial charge on any atom is 0.328 e. The Bertz CT molecular complexity index is 824. The van der Waals surface area contributed by atoms with Gasteiger partial charge in [-0.3, -0.25) is 9.59 Å². The van der Waals surface area contributed by atoms with Gasteiger partial charge in [0.1, 0.15) is 11.8 Å². The smallest absolute Gasteiger partial charge is 0.328 e. The third-order valence-electron chi connectivity index (χ3n) is 3.76. The summed E-state index contributed by atoms with van der Waals surface area (Å²) in [4.78, 5) is 36.1. The van der Waals surface area contributed by atoms with Gasteiger partial charge in [-0.25, -0.2) is 4.79 Å². The molecular weight excluding hydrogens is 356 g/mol. The summed E-state index contributed by atoms with van der Waals surface area (Å²) in [7, 11) is 1.23. The number of carbonyl (C=O) groups excluding carboxylic acids is 3. The lowest BCUT2D eigenvalue weighted by molar-refractivity contribution is -0.146. The molecule has 26 heavy (non-hydrogen) atoms. The van der Waals surface area contributed by atoms with Gasteiger partial charge in [-0.2, -0.15) is 11.8 Å². The number of thioether (sulfide) groups is 1. The number of anilines is 1. The van der Waals surface area contributed by atoms with Gasteiger partial charge in [0.2, 0.25) is 0 Å². The molecule has 2 aromatic carbocycles. The number of hydrogen-bond donors (Lipinski definition) is 3. The third kappa shape index (κ3) is 4.66. The maximum atomic E-state index is 12.2. The van der Waals surface area contributed by atoms with E-state index in [9.17, 15) is 19.5 Å². The first-order chi connectivity index (χ1) is 12.5. The van der Waals surface area contributed by atoms with Crippen molar-refractivity contribution in [2.75, 3.05) is 24.4 Å². The first-order valence-electron chi connectivity index (χ1n) is 7.87. The zero-order valence-corrected chi connectivity index (χ0v) is 15.3. The first-order valence-corrected chi connectivity index (χ1v) is 9.26. The third-order valence-corrected chi connectivity index (χ3v) is 4.40. The fourth-order valence-corrected chi connectivity index (χ4v) is 2.90. The summed E-state index contributed by atoms with van der Waals surface area (Å²) in [6, 6.07) is 9.00. The van der Waals surface area contributed by atoms with Crippen LogP contribution in [-0.4, -0.2) is 48.1 Å². The summed E-state index contributed by atoms with van der Waals surface area (Å²) in [5, 5.41) is 15.9. The molecule has 0 aromatic heterocycles. The minimum Gasteiger partial charge on any atom is -0.507 e. The molecule has 0 saturated carbocycles. The van der Waals surface area contributed by atoms with Crippen molar-refractivity contribution >= 4 is 46.0 Å². The Morgan fingerprint density at radius 3 is 2.50 bits per heavy atom. The normalized spacial score (nSPS) is 11.6. The van der Waals surface area contributed by atoms with Crippen molar-refractivity contribution in [3.05, 3.63) is 36.4 Å². The Kier molecular flexibility index (Phi) is 6.85. The largest absolute Gasteiger partial charge is 0.507 e. The number of amides is 2. The number of hydrogen-bond acceptors (Lipinski definition) is 6. The number of fused-ring (bicyclic) bond motifs is 1. The number of benzene rings is 2. The highest BCUT2D eigenvalue weighted by molar-refractivity contribution is 7.98. The molecule has 2 rings (SSSR count). The number of nitrogens with one attached hydrogen (secondary N) is 2. The Hall–Kier alpha value is -2.74. The van der Waals surface area contributed by atoms with Crippen LogP contribution < -0.4 is 10.6 Å². The lowest BCUT2D eigenvalue weighted by Crippen LogP contribution is -2.46. The summed E-state index contributed by atoms with van der Waals surface area (Å²) in [6.45, 7) is 0. The second-order valence-corrected chi connectivity index (χ2v) is 6.45. The van der Waals surface area contributed by atoms with E-state index < -0.39 is 23.8 Å². The Morgan fingerprint density at radius 2 is 1.81 bits per heavy atom. The second kappa shape index (κ2) is 9.10. The average molecular weight is 376 g/mol. The highest BCUT2D eigenvalue weighted by Crippen LogP contribution is 2.29. The predicted molar refractivity (Wildman–Crippen MR) is 101 cm³/mol. The second-order valence-electron chi connectivity index (χ2n) is 5.46. The van der Waals surface area contributed by atoms with Crippen molar-refractivity contribution in [2.24, 2.45) is 0 Å². The molecule has 0 radical (unpaired) electrons. The standard InChI is InChI=1S/C18H20N2O5S/c1-25-18(24)14(9-10-26-2)20-17(23)16(22)19-13-7-3-6-12-11(13)5-4-8-15(12)21/h3-8,14,21H,9-10H2,1-2H3,(H,19,22)(H,20,23)/t14-/m1/s1. The lowest BCUT2D eigenvalue weighted by atomic mass is 10.1. The quantitative estimate of drug-likeness (QED) is 0.525. The molecule has 0 aliphatic heterocycles. The molecule has 0 unspecified atom stereocenters. The van der Waals surface area contributed by atoms with Crippen molar-refractivity contribution in [1.29, 1.82) is 0 Å². The molecule has 0 fully saturated rings. The van der Waals surface area contributed by atoms with Crippen LogP contribution in [0.25, 0.3) is 10.8 Å². The van der Waals surface area contributed by atoms with E-state index in [1.807, 2.05) is 6.26 Å². The highest BCUT2D eigenvalue weighted by Gasteiger charge is 2.24. The van der Waals surface area contributed by atoms with Gasteiger partial charge >= 0.3 is 17.8 Å². The van der Waals surface area contributed by atoms with Crippen molar-refractivity contribution in [3.8, 4) is 5.75 Å². The number of aromatic hydroxyl groups is 1. The molecule has 2 aromatic rings. The molecule has 138 valence electrons. The zero-order chi connectivity index (χ0) is 19.1. The van der Waals surface area contributed by atoms with Crippen molar-refractivity contribution in [3.63, 3.8) is 0 Å². The predicted octanol–water partition coefficient (Wildman–Crippen LogP) is 1.89. The number of methoxy groups -OCH3 is 1. The van der Waals surface area contributed by atoms with E-state index in [2.05, 4.69) is 15.4 Å². The van der Waals surface area contributed by atoms with Crippen molar-refractivity contribution in [2.45, 2.75) is 12.5 Å². The Labute approximate surface area is 155 Å². The number of phenols is 1. The van der Waals surface area contributed by atoms with Crippen LogP contribution in [0.15, 0.2) is 36.4 Å². The molecule has 0 heterocycles. The van der Waals surface area contributed by atoms with Crippen molar-refractivity contribution < 1.29 is 24.2 Å². The molecular formula is C18H20N2O5S. The molecule has 2 amide bonds. The molecule has 0 saturated heterocycles. The lowest BCUT2D eigenvalue weighted by Gasteiger charge is -2.16. The van der Waals surface area contributed by atoms with E-state index >= 15 is 0 Å². The molecule has 1 atom stereocenters. The van der Waals surface area contributed by atoms with E-state index in [4.69, 9.17) is 0 Å². The van der Waals surface area contributed by atoms with Gasteiger partial charge in [0, 0.05) is 16.5 Å². The summed E-state index contributed by atoms with van der Waals surface area (Å²) >= 11 is 1.52.